The van der Waals surface area contributed by atoms with E-state index in [4.69, 9.17) is 0 Å². The van der Waals surface area contributed by atoms with Crippen LogP contribution in [-0.4, -0.2) is 19.5 Å². The molecule has 5 nitrogen and oxygen atoms in total. The molecule has 0 unspecified atom stereocenters. The van der Waals surface area contributed by atoms with Gasteiger partial charge in [0.25, 0.3) is 0 Å². The third-order valence-electron chi connectivity index (χ3n) is 3.19. The van der Waals surface area contributed by atoms with E-state index in [0.717, 1.165) is 17.8 Å². The highest BCUT2D eigenvalue weighted by Crippen LogP contribution is 2.24. The van der Waals surface area contributed by atoms with Crippen molar-refractivity contribution in [3.63, 3.8) is 0 Å². The predicted octanol–water partition coefficient (Wildman–Crippen LogP) is 3.04. The van der Waals surface area contributed by atoms with Gasteiger partial charge in [-0.3, -0.25) is 0 Å². The Morgan fingerprint density at radius 1 is 1.25 bits per heavy atom. The summed E-state index contributed by atoms with van der Waals surface area (Å²) in [4.78, 5) is 12.7. The topological polar surface area (TPSA) is 55.6 Å². The number of halogens is 1. The molecule has 0 saturated heterocycles. The second-order valence-corrected chi connectivity index (χ2v) is 4.51. The highest BCUT2D eigenvalue weighted by atomic mass is 19.1. The molecule has 0 amide bonds. The molecular formula is C14H14FN5. The van der Waals surface area contributed by atoms with Crippen LogP contribution in [0.4, 0.5) is 15.9 Å². The molecule has 3 aromatic rings. The molecule has 0 radical (unpaired) electrons. The zero-order valence-corrected chi connectivity index (χ0v) is 11.3. The van der Waals surface area contributed by atoms with E-state index in [1.54, 1.807) is 12.4 Å². The van der Waals surface area contributed by atoms with E-state index >= 15 is 0 Å². The summed E-state index contributed by atoms with van der Waals surface area (Å²) in [6.45, 7) is 4.71. The van der Waals surface area contributed by atoms with Gasteiger partial charge in [0.1, 0.15) is 12.1 Å². The van der Waals surface area contributed by atoms with Crippen molar-refractivity contribution in [3.8, 4) is 0 Å². The first kappa shape index (κ1) is 12.5. The number of rotatable bonds is 3. The van der Waals surface area contributed by atoms with Gasteiger partial charge in [0.15, 0.2) is 17.0 Å². The van der Waals surface area contributed by atoms with Crippen molar-refractivity contribution in [2.45, 2.75) is 20.4 Å². The number of fused-ring (bicyclic) bond motifs is 1. The molecular weight excluding hydrogens is 257 g/mol. The summed E-state index contributed by atoms with van der Waals surface area (Å²) >= 11 is 0. The largest absolute Gasteiger partial charge is 0.338 e. The molecule has 0 aliphatic heterocycles. The minimum atomic E-state index is -0.289. The van der Waals surface area contributed by atoms with E-state index in [2.05, 4.69) is 20.3 Å². The fourth-order valence-corrected chi connectivity index (χ4v) is 2.06. The predicted molar refractivity (Wildman–Crippen MR) is 75.4 cm³/mol. The fraction of sp³-hybridized carbons (Fsp3) is 0.214. The fourth-order valence-electron chi connectivity index (χ4n) is 2.06. The molecule has 2 heterocycles. The summed E-state index contributed by atoms with van der Waals surface area (Å²) in [6.07, 6.45) is 3.20. The summed E-state index contributed by atoms with van der Waals surface area (Å²) in [5.41, 5.74) is 3.06. The summed E-state index contributed by atoms with van der Waals surface area (Å²) < 4.78 is 15.3. The normalized spacial score (nSPS) is 10.9. The van der Waals surface area contributed by atoms with Crippen LogP contribution in [0.5, 0.6) is 0 Å². The quantitative estimate of drug-likeness (QED) is 0.795. The maximum Gasteiger partial charge on any atom is 0.165 e. The van der Waals surface area contributed by atoms with Crippen molar-refractivity contribution in [1.82, 2.24) is 19.5 Å². The molecule has 3 rings (SSSR count). The molecule has 0 bridgehead atoms. The van der Waals surface area contributed by atoms with E-state index < -0.39 is 0 Å². The van der Waals surface area contributed by atoms with Crippen LogP contribution in [-0.2, 0) is 6.54 Å². The van der Waals surface area contributed by atoms with Gasteiger partial charge in [-0.25, -0.2) is 19.3 Å². The Morgan fingerprint density at radius 3 is 2.90 bits per heavy atom. The van der Waals surface area contributed by atoms with E-state index in [9.17, 15) is 4.39 Å². The van der Waals surface area contributed by atoms with Crippen molar-refractivity contribution in [3.05, 3.63) is 42.2 Å². The average molecular weight is 271 g/mol. The van der Waals surface area contributed by atoms with Crippen LogP contribution in [0.3, 0.4) is 0 Å². The number of hydrogen-bond acceptors (Lipinski definition) is 4. The maximum atomic E-state index is 13.3. The Morgan fingerprint density at radius 2 is 2.10 bits per heavy atom. The van der Waals surface area contributed by atoms with Crippen LogP contribution in [0.1, 0.15) is 12.5 Å². The maximum absolute atomic E-state index is 13.3. The lowest BCUT2D eigenvalue weighted by Crippen LogP contribution is -1.99. The number of imidazole rings is 1. The van der Waals surface area contributed by atoms with Crippen LogP contribution in [0.2, 0.25) is 0 Å². The molecule has 1 aromatic carbocycles. The van der Waals surface area contributed by atoms with Crippen LogP contribution in [0.25, 0.3) is 11.2 Å². The van der Waals surface area contributed by atoms with Gasteiger partial charge < -0.3 is 9.88 Å². The number of benzene rings is 1. The molecule has 102 valence electrons. The Balaban J connectivity index is 2.06. The van der Waals surface area contributed by atoms with Gasteiger partial charge >= 0.3 is 0 Å². The standard InChI is InChI=1S/C14H14FN5/c1-3-20-8-18-12-13(16-7-17-14(12)20)19-11-6-10(15)5-4-9(11)2/h4-8H,3H2,1-2H3,(H,16,17,19). The Hall–Kier alpha value is -2.50. The second kappa shape index (κ2) is 4.88. The smallest absolute Gasteiger partial charge is 0.165 e. The monoisotopic (exact) mass is 271 g/mol. The highest BCUT2D eigenvalue weighted by Gasteiger charge is 2.10. The second-order valence-electron chi connectivity index (χ2n) is 4.51. The Kier molecular flexibility index (Phi) is 3.06. The van der Waals surface area contributed by atoms with Crippen LogP contribution in [0, 0.1) is 12.7 Å². The Bertz CT molecular complexity index is 765. The van der Waals surface area contributed by atoms with Crippen molar-refractivity contribution >= 4 is 22.7 Å². The molecule has 20 heavy (non-hydrogen) atoms. The third kappa shape index (κ3) is 2.09. The molecule has 0 aliphatic carbocycles. The average Bonchev–Trinajstić information content (AvgIpc) is 2.87. The zero-order chi connectivity index (χ0) is 14.1. The van der Waals surface area contributed by atoms with E-state index in [1.807, 2.05) is 18.4 Å². The molecule has 0 atom stereocenters. The molecule has 0 aliphatic rings. The minimum absolute atomic E-state index is 0.289. The van der Waals surface area contributed by atoms with Gasteiger partial charge in [-0.15, -0.1) is 0 Å². The van der Waals surface area contributed by atoms with Gasteiger partial charge in [-0.2, -0.15) is 0 Å². The van der Waals surface area contributed by atoms with Crippen molar-refractivity contribution < 1.29 is 4.39 Å². The number of nitrogens with one attached hydrogen (secondary N) is 1. The third-order valence-corrected chi connectivity index (χ3v) is 3.19. The van der Waals surface area contributed by atoms with Crippen LogP contribution in [0.15, 0.2) is 30.9 Å². The molecule has 2 aromatic heterocycles. The van der Waals surface area contributed by atoms with E-state index in [-0.39, 0.29) is 5.82 Å². The minimum Gasteiger partial charge on any atom is -0.338 e. The van der Waals surface area contributed by atoms with Gasteiger partial charge in [0.2, 0.25) is 0 Å². The lowest BCUT2D eigenvalue weighted by atomic mass is 10.2. The van der Waals surface area contributed by atoms with Crippen LogP contribution >= 0.6 is 0 Å². The number of hydrogen-bond donors (Lipinski definition) is 1. The van der Waals surface area contributed by atoms with Gasteiger partial charge in [0.05, 0.1) is 6.33 Å². The first-order chi connectivity index (χ1) is 9.69. The van der Waals surface area contributed by atoms with Gasteiger partial charge in [0, 0.05) is 12.2 Å². The highest BCUT2D eigenvalue weighted by molar-refractivity contribution is 5.85. The lowest BCUT2D eigenvalue weighted by Gasteiger charge is -2.09. The number of anilines is 2. The molecule has 0 spiro atoms. The molecule has 1 N–H and O–H groups in total. The number of nitrogens with zero attached hydrogens (tertiary/aromatic N) is 4. The zero-order valence-electron chi connectivity index (χ0n) is 11.3. The Labute approximate surface area is 115 Å². The van der Waals surface area contributed by atoms with Gasteiger partial charge in [-0.05, 0) is 31.5 Å². The SMILES string of the molecule is CCn1cnc2c(Nc3cc(F)ccc3C)ncnc21. The first-order valence-electron chi connectivity index (χ1n) is 6.38. The van der Waals surface area contributed by atoms with E-state index in [1.165, 1.54) is 18.5 Å². The summed E-state index contributed by atoms with van der Waals surface area (Å²) in [7, 11) is 0. The summed E-state index contributed by atoms with van der Waals surface area (Å²) in [5.74, 6) is 0.290. The number of aromatic nitrogens is 4. The van der Waals surface area contributed by atoms with Crippen molar-refractivity contribution in [1.29, 1.82) is 0 Å². The van der Waals surface area contributed by atoms with Crippen molar-refractivity contribution in [2.24, 2.45) is 0 Å². The van der Waals surface area contributed by atoms with Gasteiger partial charge in [-0.1, -0.05) is 6.07 Å². The van der Waals surface area contributed by atoms with E-state index in [0.29, 0.717) is 17.0 Å². The summed E-state index contributed by atoms with van der Waals surface area (Å²) in [5, 5.41) is 3.13. The molecule has 0 fully saturated rings. The first-order valence-corrected chi connectivity index (χ1v) is 6.38. The van der Waals surface area contributed by atoms with Crippen molar-refractivity contribution in [2.75, 3.05) is 5.32 Å². The lowest BCUT2D eigenvalue weighted by molar-refractivity contribution is 0.628. The summed E-state index contributed by atoms with van der Waals surface area (Å²) in [6, 6.07) is 4.60. The number of aryl methyl sites for hydroxylation is 2. The molecule has 6 heteroatoms. The molecule has 0 saturated carbocycles. The van der Waals surface area contributed by atoms with Crippen LogP contribution < -0.4 is 5.32 Å².